The van der Waals surface area contributed by atoms with Crippen LogP contribution in [0.1, 0.15) is 32.6 Å². The highest BCUT2D eigenvalue weighted by molar-refractivity contribution is 6.17. The maximum absolute atomic E-state index is 14.2. The van der Waals surface area contributed by atoms with Crippen LogP contribution in [0, 0.1) is 20.8 Å². The molecular formula is C34H28O. The molecule has 0 atom stereocenters. The predicted octanol–water partition coefficient (Wildman–Crippen LogP) is 8.84. The first-order chi connectivity index (χ1) is 17.0. The number of aryl methyl sites for hydroxylation is 3. The summed E-state index contributed by atoms with van der Waals surface area (Å²) in [5.41, 5.74) is 11.1. The molecule has 170 valence electrons. The van der Waals surface area contributed by atoms with Crippen LogP contribution in [0.2, 0.25) is 0 Å². The average Bonchev–Trinajstić information content (AvgIpc) is 2.88. The van der Waals surface area contributed by atoms with E-state index in [0.717, 1.165) is 55.6 Å². The first kappa shape index (κ1) is 22.6. The van der Waals surface area contributed by atoms with E-state index in [1.165, 1.54) is 5.56 Å². The first-order valence-corrected chi connectivity index (χ1v) is 12.0. The Morgan fingerprint density at radius 1 is 0.514 bits per heavy atom. The third kappa shape index (κ3) is 4.34. The number of hydrogen-bond donors (Lipinski definition) is 0. The third-order valence-corrected chi connectivity index (χ3v) is 6.56. The van der Waals surface area contributed by atoms with Crippen LogP contribution in [0.5, 0.6) is 0 Å². The third-order valence-electron chi connectivity index (χ3n) is 6.56. The zero-order chi connectivity index (χ0) is 24.4. The Bertz CT molecular complexity index is 1470. The van der Waals surface area contributed by atoms with Gasteiger partial charge in [-0.3, -0.25) is 4.79 Å². The van der Waals surface area contributed by atoms with Gasteiger partial charge in [0.1, 0.15) is 0 Å². The summed E-state index contributed by atoms with van der Waals surface area (Å²) in [6.45, 7) is 6.14. The van der Waals surface area contributed by atoms with Crippen molar-refractivity contribution in [3.05, 3.63) is 143 Å². The Hall–Kier alpha value is -4.23. The SMILES string of the molecule is Cc1cc(C)c(C(=O)c2ccc(-c3ccccc3)c(-c3ccccc3)c2-c2ccccc2)c(C)c1. The molecule has 0 N–H and O–H groups in total. The van der Waals surface area contributed by atoms with E-state index in [4.69, 9.17) is 0 Å². The molecule has 5 rings (SSSR count). The van der Waals surface area contributed by atoms with Gasteiger partial charge in [0.2, 0.25) is 0 Å². The molecule has 0 aromatic heterocycles. The highest BCUT2D eigenvalue weighted by atomic mass is 16.1. The molecule has 0 aliphatic heterocycles. The van der Waals surface area contributed by atoms with E-state index in [2.05, 4.69) is 85.8 Å². The van der Waals surface area contributed by atoms with E-state index in [-0.39, 0.29) is 5.78 Å². The molecule has 0 unspecified atom stereocenters. The zero-order valence-corrected chi connectivity index (χ0v) is 20.4. The van der Waals surface area contributed by atoms with E-state index in [0.29, 0.717) is 0 Å². The molecule has 0 spiro atoms. The van der Waals surface area contributed by atoms with Crippen LogP contribution < -0.4 is 0 Å². The molecule has 0 aliphatic rings. The van der Waals surface area contributed by atoms with E-state index in [9.17, 15) is 4.79 Å². The summed E-state index contributed by atoms with van der Waals surface area (Å²) in [4.78, 5) is 14.2. The molecule has 0 aliphatic carbocycles. The molecule has 0 heterocycles. The Balaban J connectivity index is 1.87. The molecule has 0 amide bonds. The molecular weight excluding hydrogens is 424 g/mol. The van der Waals surface area contributed by atoms with Gasteiger partial charge in [0.05, 0.1) is 0 Å². The minimum absolute atomic E-state index is 0.0654. The molecule has 35 heavy (non-hydrogen) atoms. The molecule has 1 nitrogen and oxygen atoms in total. The van der Waals surface area contributed by atoms with Crippen molar-refractivity contribution >= 4 is 5.78 Å². The fourth-order valence-electron chi connectivity index (χ4n) is 5.13. The molecule has 0 saturated carbocycles. The van der Waals surface area contributed by atoms with Gasteiger partial charge in [0.25, 0.3) is 0 Å². The summed E-state index contributed by atoms with van der Waals surface area (Å²) in [6, 6.07) is 39.4. The maximum Gasteiger partial charge on any atom is 0.194 e. The molecule has 0 bridgehead atoms. The summed E-state index contributed by atoms with van der Waals surface area (Å²) in [6.07, 6.45) is 0. The van der Waals surface area contributed by atoms with E-state index in [1.807, 2.05) is 50.2 Å². The van der Waals surface area contributed by atoms with Gasteiger partial charge in [-0.25, -0.2) is 0 Å². The van der Waals surface area contributed by atoms with Gasteiger partial charge in [-0.1, -0.05) is 115 Å². The van der Waals surface area contributed by atoms with Crippen molar-refractivity contribution < 1.29 is 4.79 Å². The van der Waals surface area contributed by atoms with E-state index < -0.39 is 0 Å². The maximum atomic E-state index is 14.2. The molecule has 0 saturated heterocycles. The van der Waals surface area contributed by atoms with Crippen molar-refractivity contribution in [2.75, 3.05) is 0 Å². The van der Waals surface area contributed by atoms with Crippen LogP contribution >= 0.6 is 0 Å². The minimum atomic E-state index is 0.0654. The van der Waals surface area contributed by atoms with Crippen molar-refractivity contribution in [2.24, 2.45) is 0 Å². The van der Waals surface area contributed by atoms with Gasteiger partial charge in [-0.15, -0.1) is 0 Å². The van der Waals surface area contributed by atoms with Crippen molar-refractivity contribution in [3.63, 3.8) is 0 Å². The number of rotatable bonds is 5. The highest BCUT2D eigenvalue weighted by Gasteiger charge is 2.24. The highest BCUT2D eigenvalue weighted by Crippen LogP contribution is 2.43. The lowest BCUT2D eigenvalue weighted by Gasteiger charge is -2.21. The van der Waals surface area contributed by atoms with Gasteiger partial charge >= 0.3 is 0 Å². The van der Waals surface area contributed by atoms with Gasteiger partial charge in [-0.2, -0.15) is 0 Å². The number of benzene rings is 5. The molecule has 1 heteroatoms. The monoisotopic (exact) mass is 452 g/mol. The van der Waals surface area contributed by atoms with Crippen molar-refractivity contribution in [2.45, 2.75) is 20.8 Å². The van der Waals surface area contributed by atoms with Crippen LogP contribution in [-0.4, -0.2) is 5.78 Å². The number of carbonyl (C=O) groups is 1. The largest absolute Gasteiger partial charge is 0.289 e. The summed E-state index contributed by atoms with van der Waals surface area (Å²) < 4.78 is 0. The second-order valence-corrected chi connectivity index (χ2v) is 9.11. The Morgan fingerprint density at radius 2 is 0.971 bits per heavy atom. The Morgan fingerprint density at radius 3 is 1.49 bits per heavy atom. The van der Waals surface area contributed by atoms with Crippen LogP contribution in [0.3, 0.4) is 0 Å². The average molecular weight is 453 g/mol. The minimum Gasteiger partial charge on any atom is -0.289 e. The van der Waals surface area contributed by atoms with Crippen LogP contribution in [0.15, 0.2) is 115 Å². The number of hydrogen-bond acceptors (Lipinski definition) is 1. The van der Waals surface area contributed by atoms with Crippen molar-refractivity contribution in [3.8, 4) is 33.4 Å². The molecule has 0 fully saturated rings. The van der Waals surface area contributed by atoms with Crippen molar-refractivity contribution in [1.82, 2.24) is 0 Å². The van der Waals surface area contributed by atoms with E-state index >= 15 is 0 Å². The lowest BCUT2D eigenvalue weighted by Crippen LogP contribution is -2.10. The first-order valence-electron chi connectivity index (χ1n) is 12.0. The summed E-state index contributed by atoms with van der Waals surface area (Å²) in [5, 5.41) is 0. The quantitative estimate of drug-likeness (QED) is 0.243. The standard InChI is InChI=1S/C34H28O/c1-23-21-24(2)31(25(3)22-23)34(35)30-20-19-29(26-13-7-4-8-14-26)32(27-15-9-5-10-16-27)33(30)28-17-11-6-12-18-28/h4-22H,1-3H3. The predicted molar refractivity (Wildman–Crippen MR) is 147 cm³/mol. The van der Waals surface area contributed by atoms with Crippen molar-refractivity contribution in [1.29, 1.82) is 0 Å². The molecule has 0 radical (unpaired) electrons. The van der Waals surface area contributed by atoms with Crippen LogP contribution in [0.4, 0.5) is 0 Å². The molecule has 5 aromatic rings. The zero-order valence-electron chi connectivity index (χ0n) is 20.4. The topological polar surface area (TPSA) is 17.1 Å². The molecule has 5 aromatic carbocycles. The van der Waals surface area contributed by atoms with E-state index in [1.54, 1.807) is 0 Å². The fourth-order valence-corrected chi connectivity index (χ4v) is 5.13. The summed E-state index contributed by atoms with van der Waals surface area (Å²) >= 11 is 0. The van der Waals surface area contributed by atoms with Gasteiger partial charge in [-0.05, 0) is 65.8 Å². The van der Waals surface area contributed by atoms with Crippen LogP contribution in [-0.2, 0) is 0 Å². The van der Waals surface area contributed by atoms with Gasteiger partial charge in [0.15, 0.2) is 5.78 Å². The normalized spacial score (nSPS) is 10.8. The summed E-state index contributed by atoms with van der Waals surface area (Å²) in [7, 11) is 0. The number of ketones is 1. The lowest BCUT2D eigenvalue weighted by atomic mass is 9.82. The Labute approximate surface area is 207 Å². The van der Waals surface area contributed by atoms with Gasteiger partial charge < -0.3 is 0 Å². The number of carbonyl (C=O) groups excluding carboxylic acids is 1. The summed E-state index contributed by atoms with van der Waals surface area (Å²) in [5.74, 6) is 0.0654. The second-order valence-electron chi connectivity index (χ2n) is 9.11. The van der Waals surface area contributed by atoms with Crippen LogP contribution in [0.25, 0.3) is 33.4 Å². The fraction of sp³-hybridized carbons (Fsp3) is 0.0882. The van der Waals surface area contributed by atoms with Gasteiger partial charge in [0, 0.05) is 16.7 Å². The lowest BCUT2D eigenvalue weighted by molar-refractivity contribution is 0.103. The smallest absolute Gasteiger partial charge is 0.194 e. The Kier molecular flexibility index (Phi) is 6.16. The second kappa shape index (κ2) is 9.56.